The molecule has 17 heavy (non-hydrogen) atoms. The molecule has 1 nitrogen and oxygen atoms in total. The van der Waals surface area contributed by atoms with Crippen LogP contribution in [0.2, 0.25) is 0 Å². The monoisotopic (exact) mass is 231 g/mol. The summed E-state index contributed by atoms with van der Waals surface area (Å²) in [7, 11) is 0. The standard InChI is InChI=1S/C16H25N/c1-13(2)15-8-10-16(11-9-15)17-12-14-6-4-3-5-7-14/h8-11,13-14,17H,3-7,12H2,1-2H3. The van der Waals surface area contributed by atoms with Crippen molar-refractivity contribution in [2.45, 2.75) is 51.9 Å². The summed E-state index contributed by atoms with van der Waals surface area (Å²) in [6, 6.07) is 8.93. The van der Waals surface area contributed by atoms with Gasteiger partial charge in [-0.25, -0.2) is 0 Å². The van der Waals surface area contributed by atoms with Crippen LogP contribution in [0.4, 0.5) is 5.69 Å². The van der Waals surface area contributed by atoms with Gasteiger partial charge in [0.05, 0.1) is 0 Å². The molecule has 1 heteroatoms. The van der Waals surface area contributed by atoms with E-state index in [1.54, 1.807) is 0 Å². The van der Waals surface area contributed by atoms with Crippen LogP contribution in [0.15, 0.2) is 24.3 Å². The second kappa shape index (κ2) is 6.09. The molecule has 94 valence electrons. The molecule has 0 aromatic heterocycles. The van der Waals surface area contributed by atoms with Crippen LogP contribution in [0, 0.1) is 5.92 Å². The first-order chi connectivity index (χ1) is 8.25. The van der Waals surface area contributed by atoms with Crippen LogP contribution in [0.5, 0.6) is 0 Å². The van der Waals surface area contributed by atoms with Crippen LogP contribution in [0.3, 0.4) is 0 Å². The average Bonchev–Trinajstić information content (AvgIpc) is 2.38. The van der Waals surface area contributed by atoms with E-state index < -0.39 is 0 Å². The van der Waals surface area contributed by atoms with Crippen molar-refractivity contribution >= 4 is 5.69 Å². The number of benzene rings is 1. The third-order valence-corrected chi connectivity index (χ3v) is 3.90. The van der Waals surface area contributed by atoms with Gasteiger partial charge in [0.25, 0.3) is 0 Å². The lowest BCUT2D eigenvalue weighted by atomic mass is 9.89. The summed E-state index contributed by atoms with van der Waals surface area (Å²) in [4.78, 5) is 0. The van der Waals surface area contributed by atoms with E-state index in [-0.39, 0.29) is 0 Å². The van der Waals surface area contributed by atoms with Gasteiger partial charge in [-0.2, -0.15) is 0 Å². The van der Waals surface area contributed by atoms with Crippen molar-refractivity contribution in [3.8, 4) is 0 Å². The third kappa shape index (κ3) is 3.76. The van der Waals surface area contributed by atoms with Crippen molar-refractivity contribution in [3.63, 3.8) is 0 Å². The quantitative estimate of drug-likeness (QED) is 0.784. The lowest BCUT2D eigenvalue weighted by Gasteiger charge is -2.22. The number of hydrogen-bond donors (Lipinski definition) is 1. The van der Waals surface area contributed by atoms with E-state index in [0.717, 1.165) is 12.5 Å². The van der Waals surface area contributed by atoms with Crippen molar-refractivity contribution in [2.24, 2.45) is 5.92 Å². The molecule has 0 saturated heterocycles. The maximum atomic E-state index is 3.58. The third-order valence-electron chi connectivity index (χ3n) is 3.90. The van der Waals surface area contributed by atoms with Crippen LogP contribution < -0.4 is 5.32 Å². The van der Waals surface area contributed by atoms with Gasteiger partial charge in [-0.05, 0) is 42.4 Å². The molecule has 0 unspecified atom stereocenters. The number of hydrogen-bond acceptors (Lipinski definition) is 1. The molecule has 0 atom stereocenters. The predicted molar refractivity (Wildman–Crippen MR) is 75.6 cm³/mol. The zero-order valence-electron chi connectivity index (χ0n) is 11.2. The predicted octanol–water partition coefficient (Wildman–Crippen LogP) is 4.80. The Bertz CT molecular complexity index is 320. The molecule has 1 aliphatic carbocycles. The molecule has 1 N–H and O–H groups in total. The fourth-order valence-electron chi connectivity index (χ4n) is 2.64. The number of rotatable bonds is 4. The first kappa shape index (κ1) is 12.5. The molecule has 0 radical (unpaired) electrons. The maximum Gasteiger partial charge on any atom is 0.0340 e. The highest BCUT2D eigenvalue weighted by molar-refractivity contribution is 5.45. The van der Waals surface area contributed by atoms with Gasteiger partial charge in [-0.3, -0.25) is 0 Å². The molecule has 1 saturated carbocycles. The summed E-state index contributed by atoms with van der Waals surface area (Å²) in [6.45, 7) is 5.63. The normalized spacial score (nSPS) is 17.4. The Labute approximate surface area is 106 Å². The SMILES string of the molecule is CC(C)c1ccc(NCC2CCCCC2)cc1. The minimum atomic E-state index is 0.627. The second-order valence-corrected chi connectivity index (χ2v) is 5.66. The van der Waals surface area contributed by atoms with E-state index in [0.29, 0.717) is 5.92 Å². The van der Waals surface area contributed by atoms with Gasteiger partial charge < -0.3 is 5.32 Å². The fourth-order valence-corrected chi connectivity index (χ4v) is 2.64. The molecule has 0 spiro atoms. The van der Waals surface area contributed by atoms with Crippen molar-refractivity contribution in [3.05, 3.63) is 29.8 Å². The fraction of sp³-hybridized carbons (Fsp3) is 0.625. The minimum Gasteiger partial charge on any atom is -0.385 e. The van der Waals surface area contributed by atoms with E-state index in [1.807, 2.05) is 0 Å². The Morgan fingerprint density at radius 1 is 1.06 bits per heavy atom. The van der Waals surface area contributed by atoms with Gasteiger partial charge in [0.15, 0.2) is 0 Å². The van der Waals surface area contributed by atoms with Crippen molar-refractivity contribution < 1.29 is 0 Å². The number of nitrogens with one attached hydrogen (secondary N) is 1. The molecule has 1 aromatic carbocycles. The van der Waals surface area contributed by atoms with Gasteiger partial charge in [-0.15, -0.1) is 0 Å². The molecule has 0 amide bonds. The summed E-state index contributed by atoms with van der Waals surface area (Å²) in [6.07, 6.45) is 7.13. The maximum absolute atomic E-state index is 3.58. The number of anilines is 1. The highest BCUT2D eigenvalue weighted by Gasteiger charge is 2.12. The molecule has 0 aliphatic heterocycles. The first-order valence-corrected chi connectivity index (χ1v) is 7.09. The summed E-state index contributed by atoms with van der Waals surface area (Å²) >= 11 is 0. The molecule has 1 aromatic rings. The van der Waals surface area contributed by atoms with Crippen LogP contribution in [0.25, 0.3) is 0 Å². The molecule has 2 rings (SSSR count). The van der Waals surface area contributed by atoms with Crippen LogP contribution in [0.1, 0.15) is 57.4 Å². The van der Waals surface area contributed by atoms with Gasteiger partial charge >= 0.3 is 0 Å². The lowest BCUT2D eigenvalue weighted by Crippen LogP contribution is -2.17. The molecular formula is C16H25N. The van der Waals surface area contributed by atoms with Crippen molar-refractivity contribution in [2.75, 3.05) is 11.9 Å². The summed E-state index contributed by atoms with van der Waals surface area (Å²) in [5.41, 5.74) is 2.70. The zero-order chi connectivity index (χ0) is 12.1. The Kier molecular flexibility index (Phi) is 4.47. The molecule has 0 bridgehead atoms. The smallest absolute Gasteiger partial charge is 0.0340 e. The first-order valence-electron chi connectivity index (χ1n) is 7.09. The van der Waals surface area contributed by atoms with E-state index in [1.165, 1.54) is 43.4 Å². The highest BCUT2D eigenvalue weighted by atomic mass is 14.9. The second-order valence-electron chi connectivity index (χ2n) is 5.66. The Hall–Kier alpha value is -0.980. The van der Waals surface area contributed by atoms with Crippen LogP contribution >= 0.6 is 0 Å². The minimum absolute atomic E-state index is 0.627. The van der Waals surface area contributed by atoms with Crippen molar-refractivity contribution in [1.29, 1.82) is 0 Å². The summed E-state index contributed by atoms with van der Waals surface area (Å²) in [5, 5.41) is 3.58. The summed E-state index contributed by atoms with van der Waals surface area (Å²) < 4.78 is 0. The largest absolute Gasteiger partial charge is 0.385 e. The lowest BCUT2D eigenvalue weighted by molar-refractivity contribution is 0.373. The van der Waals surface area contributed by atoms with Gasteiger partial charge in [0.2, 0.25) is 0 Å². The highest BCUT2D eigenvalue weighted by Crippen LogP contribution is 2.24. The molecular weight excluding hydrogens is 206 g/mol. The van der Waals surface area contributed by atoms with Crippen molar-refractivity contribution in [1.82, 2.24) is 0 Å². The average molecular weight is 231 g/mol. The van der Waals surface area contributed by atoms with Gasteiger partial charge in [0.1, 0.15) is 0 Å². The molecule has 1 aliphatic rings. The summed E-state index contributed by atoms with van der Waals surface area (Å²) in [5.74, 6) is 1.52. The van der Waals surface area contributed by atoms with Gasteiger partial charge in [-0.1, -0.05) is 45.2 Å². The Morgan fingerprint density at radius 2 is 1.71 bits per heavy atom. The topological polar surface area (TPSA) is 12.0 Å². The van der Waals surface area contributed by atoms with E-state index in [2.05, 4.69) is 43.4 Å². The Morgan fingerprint density at radius 3 is 2.29 bits per heavy atom. The van der Waals surface area contributed by atoms with Crippen LogP contribution in [-0.2, 0) is 0 Å². The van der Waals surface area contributed by atoms with E-state index >= 15 is 0 Å². The van der Waals surface area contributed by atoms with Crippen LogP contribution in [-0.4, -0.2) is 6.54 Å². The molecule has 0 heterocycles. The van der Waals surface area contributed by atoms with E-state index in [9.17, 15) is 0 Å². The van der Waals surface area contributed by atoms with E-state index in [4.69, 9.17) is 0 Å². The van der Waals surface area contributed by atoms with Gasteiger partial charge in [0, 0.05) is 12.2 Å². The zero-order valence-corrected chi connectivity index (χ0v) is 11.2. The molecule has 1 fully saturated rings. The Balaban J connectivity index is 1.82.